The SMILES string of the molecule is COC/C=C\CO[Si](C)(C)C(C)(C)C. The summed E-state index contributed by atoms with van der Waals surface area (Å²) in [5, 5.41) is 0.294. The Morgan fingerprint density at radius 2 is 1.57 bits per heavy atom. The number of ether oxygens (including phenoxy) is 1. The maximum Gasteiger partial charge on any atom is 0.192 e. The van der Waals surface area contributed by atoms with Gasteiger partial charge in [0, 0.05) is 7.11 Å². The zero-order valence-corrected chi connectivity index (χ0v) is 11.4. The Morgan fingerprint density at radius 3 is 2.00 bits per heavy atom. The lowest BCUT2D eigenvalue weighted by Crippen LogP contribution is -2.40. The van der Waals surface area contributed by atoms with Crippen LogP contribution in [0.2, 0.25) is 18.1 Å². The molecule has 0 aromatic rings. The summed E-state index contributed by atoms with van der Waals surface area (Å²) < 4.78 is 10.8. The maximum atomic E-state index is 5.94. The number of hydrogen-bond acceptors (Lipinski definition) is 2. The highest BCUT2D eigenvalue weighted by molar-refractivity contribution is 6.74. The first-order valence-electron chi connectivity index (χ1n) is 5.09. The molecule has 0 saturated carbocycles. The summed E-state index contributed by atoms with van der Waals surface area (Å²) in [6.07, 6.45) is 4.02. The second-order valence-corrected chi connectivity index (χ2v) is 9.81. The van der Waals surface area contributed by atoms with Crippen molar-refractivity contribution in [2.24, 2.45) is 0 Å². The molecule has 0 aliphatic heterocycles. The minimum Gasteiger partial charge on any atom is -0.413 e. The molecule has 0 aromatic heterocycles. The van der Waals surface area contributed by atoms with Gasteiger partial charge in [-0.3, -0.25) is 0 Å². The average molecular weight is 216 g/mol. The van der Waals surface area contributed by atoms with Gasteiger partial charge in [0.25, 0.3) is 0 Å². The second kappa shape index (κ2) is 5.68. The Morgan fingerprint density at radius 1 is 1.07 bits per heavy atom. The van der Waals surface area contributed by atoms with E-state index in [-0.39, 0.29) is 0 Å². The highest BCUT2D eigenvalue weighted by atomic mass is 28.4. The van der Waals surface area contributed by atoms with E-state index in [4.69, 9.17) is 9.16 Å². The maximum absolute atomic E-state index is 5.94. The summed E-state index contributed by atoms with van der Waals surface area (Å²) in [6, 6.07) is 0. The van der Waals surface area contributed by atoms with Crippen LogP contribution in [0, 0.1) is 0 Å². The Bertz CT molecular complexity index is 180. The van der Waals surface area contributed by atoms with E-state index in [1.807, 2.05) is 12.2 Å². The van der Waals surface area contributed by atoms with Gasteiger partial charge in [0.1, 0.15) is 0 Å². The first-order chi connectivity index (χ1) is 6.31. The number of rotatable bonds is 5. The molecule has 0 aromatic carbocycles. The molecule has 0 fully saturated rings. The molecule has 0 spiro atoms. The van der Waals surface area contributed by atoms with Crippen LogP contribution in [0.4, 0.5) is 0 Å². The van der Waals surface area contributed by atoms with E-state index >= 15 is 0 Å². The van der Waals surface area contributed by atoms with Crippen LogP contribution in [0.3, 0.4) is 0 Å². The van der Waals surface area contributed by atoms with Crippen LogP contribution in [-0.4, -0.2) is 28.6 Å². The average Bonchev–Trinajstić information content (AvgIpc) is 2.02. The molecule has 0 atom stereocenters. The Labute approximate surface area is 89.4 Å². The van der Waals surface area contributed by atoms with Gasteiger partial charge in [-0.25, -0.2) is 0 Å². The quantitative estimate of drug-likeness (QED) is 0.519. The van der Waals surface area contributed by atoms with E-state index in [1.54, 1.807) is 7.11 Å². The summed E-state index contributed by atoms with van der Waals surface area (Å²) in [6.45, 7) is 12.6. The molecule has 0 amide bonds. The third kappa shape index (κ3) is 4.93. The van der Waals surface area contributed by atoms with Crippen LogP contribution in [0.25, 0.3) is 0 Å². The van der Waals surface area contributed by atoms with Gasteiger partial charge in [-0.15, -0.1) is 0 Å². The molecule has 0 rings (SSSR count). The summed E-state index contributed by atoms with van der Waals surface area (Å²) in [5.41, 5.74) is 0. The number of methoxy groups -OCH3 is 1. The lowest BCUT2D eigenvalue weighted by atomic mass is 10.2. The number of hydrogen-bond donors (Lipinski definition) is 0. The molecule has 14 heavy (non-hydrogen) atoms. The topological polar surface area (TPSA) is 18.5 Å². The predicted molar refractivity (Wildman–Crippen MR) is 64.2 cm³/mol. The Kier molecular flexibility index (Phi) is 5.63. The summed E-state index contributed by atoms with van der Waals surface area (Å²) in [7, 11) is 0.136. The van der Waals surface area contributed by atoms with Gasteiger partial charge in [0.2, 0.25) is 0 Å². The van der Waals surface area contributed by atoms with Gasteiger partial charge in [-0.2, -0.15) is 0 Å². The molecular formula is C11H24O2Si. The molecule has 0 saturated heterocycles. The van der Waals surface area contributed by atoms with E-state index < -0.39 is 8.32 Å². The molecule has 2 nitrogen and oxygen atoms in total. The largest absolute Gasteiger partial charge is 0.413 e. The van der Waals surface area contributed by atoms with Crippen molar-refractivity contribution in [3.63, 3.8) is 0 Å². The van der Waals surface area contributed by atoms with Crippen LogP contribution >= 0.6 is 0 Å². The van der Waals surface area contributed by atoms with E-state index in [0.29, 0.717) is 18.3 Å². The molecule has 84 valence electrons. The van der Waals surface area contributed by atoms with Crippen LogP contribution in [0.15, 0.2) is 12.2 Å². The van der Waals surface area contributed by atoms with Crippen molar-refractivity contribution in [3.8, 4) is 0 Å². The van der Waals surface area contributed by atoms with Gasteiger partial charge in [-0.05, 0) is 18.1 Å². The lowest BCUT2D eigenvalue weighted by molar-refractivity contribution is 0.232. The first-order valence-corrected chi connectivity index (χ1v) is 8.00. The van der Waals surface area contributed by atoms with Crippen LogP contribution in [0.5, 0.6) is 0 Å². The normalized spacial score (nSPS) is 13.9. The monoisotopic (exact) mass is 216 g/mol. The van der Waals surface area contributed by atoms with Crippen LogP contribution < -0.4 is 0 Å². The van der Waals surface area contributed by atoms with Gasteiger partial charge < -0.3 is 9.16 Å². The highest BCUT2D eigenvalue weighted by Gasteiger charge is 2.36. The fourth-order valence-electron chi connectivity index (χ4n) is 0.705. The molecule has 0 bridgehead atoms. The third-order valence-electron chi connectivity index (χ3n) is 2.78. The second-order valence-electron chi connectivity index (χ2n) is 5.00. The zero-order chi connectivity index (χ0) is 11.2. The van der Waals surface area contributed by atoms with Gasteiger partial charge in [0.05, 0.1) is 13.2 Å². The van der Waals surface area contributed by atoms with Crippen molar-refractivity contribution >= 4 is 8.32 Å². The van der Waals surface area contributed by atoms with Crippen molar-refractivity contribution in [3.05, 3.63) is 12.2 Å². The van der Waals surface area contributed by atoms with E-state index in [9.17, 15) is 0 Å². The van der Waals surface area contributed by atoms with Crippen molar-refractivity contribution in [1.82, 2.24) is 0 Å². The molecule has 0 radical (unpaired) electrons. The van der Waals surface area contributed by atoms with Gasteiger partial charge in [0.15, 0.2) is 8.32 Å². The third-order valence-corrected chi connectivity index (χ3v) is 7.28. The standard InChI is InChI=1S/C11H24O2Si/c1-11(2,3)14(5,6)13-10-8-7-9-12-4/h7-8H,9-10H2,1-6H3/b8-7-. The summed E-state index contributed by atoms with van der Waals surface area (Å²) >= 11 is 0. The van der Waals surface area contributed by atoms with Crippen molar-refractivity contribution in [2.75, 3.05) is 20.3 Å². The van der Waals surface area contributed by atoms with E-state index in [1.165, 1.54) is 0 Å². The van der Waals surface area contributed by atoms with Crippen LogP contribution in [0.1, 0.15) is 20.8 Å². The fraction of sp³-hybridized carbons (Fsp3) is 0.818. The first kappa shape index (κ1) is 13.9. The molecular weight excluding hydrogens is 192 g/mol. The Hall–Kier alpha value is -0.123. The smallest absolute Gasteiger partial charge is 0.192 e. The molecule has 0 aliphatic rings. The summed E-state index contributed by atoms with van der Waals surface area (Å²) in [5.74, 6) is 0. The lowest BCUT2D eigenvalue weighted by Gasteiger charge is -2.35. The summed E-state index contributed by atoms with van der Waals surface area (Å²) in [4.78, 5) is 0. The minimum absolute atomic E-state index is 0.294. The molecule has 3 heteroatoms. The zero-order valence-electron chi connectivity index (χ0n) is 10.4. The predicted octanol–water partition coefficient (Wildman–Crippen LogP) is 3.21. The van der Waals surface area contributed by atoms with Crippen molar-refractivity contribution in [1.29, 1.82) is 0 Å². The van der Waals surface area contributed by atoms with Crippen molar-refractivity contribution < 1.29 is 9.16 Å². The van der Waals surface area contributed by atoms with Crippen molar-refractivity contribution in [2.45, 2.75) is 38.9 Å². The Balaban J connectivity index is 3.89. The van der Waals surface area contributed by atoms with Crippen LogP contribution in [-0.2, 0) is 9.16 Å². The minimum atomic E-state index is -1.56. The van der Waals surface area contributed by atoms with Gasteiger partial charge >= 0.3 is 0 Å². The fourth-order valence-corrected chi connectivity index (χ4v) is 1.65. The van der Waals surface area contributed by atoms with E-state index in [0.717, 1.165) is 0 Å². The molecule has 0 N–H and O–H groups in total. The molecule has 0 unspecified atom stereocenters. The highest BCUT2D eigenvalue weighted by Crippen LogP contribution is 2.36. The molecule has 0 aliphatic carbocycles. The van der Waals surface area contributed by atoms with E-state index in [2.05, 4.69) is 33.9 Å². The van der Waals surface area contributed by atoms with Gasteiger partial charge in [-0.1, -0.05) is 32.9 Å². The molecule has 0 heterocycles.